The summed E-state index contributed by atoms with van der Waals surface area (Å²) in [5, 5.41) is 0.665. The Hall–Kier alpha value is -2.61. The lowest BCUT2D eigenvalue weighted by Gasteiger charge is -2.15. The molecule has 0 bridgehead atoms. The predicted octanol–water partition coefficient (Wildman–Crippen LogP) is 4.37. The molecule has 0 saturated carbocycles. The molecule has 0 N–H and O–H groups in total. The maximum Gasteiger partial charge on any atom is 0.306 e. The summed E-state index contributed by atoms with van der Waals surface area (Å²) in [6.45, 7) is 9.03. The molecule has 0 saturated heterocycles. The Morgan fingerprint density at radius 2 is 1.83 bits per heavy atom. The van der Waals surface area contributed by atoms with Gasteiger partial charge in [-0.1, -0.05) is 26.0 Å². The minimum Gasteiger partial charge on any atom is -0.471 e. The molecule has 0 aliphatic carbocycles. The van der Waals surface area contributed by atoms with Gasteiger partial charge >= 0.3 is 10.1 Å². The number of hydrogen-bond donors (Lipinski definition) is 0. The summed E-state index contributed by atoms with van der Waals surface area (Å²) in [4.78, 5) is 4.34. The molecule has 2 aromatic heterocycles. The van der Waals surface area contributed by atoms with Crippen LogP contribution < -0.4 is 8.92 Å². The van der Waals surface area contributed by atoms with E-state index in [1.807, 2.05) is 13.8 Å². The second-order valence-corrected chi connectivity index (χ2v) is 9.14. The van der Waals surface area contributed by atoms with Crippen molar-refractivity contribution in [2.75, 3.05) is 6.26 Å². The fourth-order valence-corrected chi connectivity index (χ4v) is 3.74. The largest absolute Gasteiger partial charge is 0.471 e. The molecule has 0 radical (unpaired) electrons. The van der Waals surface area contributed by atoms with Crippen molar-refractivity contribution in [3.8, 4) is 11.6 Å². The number of ether oxygens (including phenoxy) is 1. The van der Waals surface area contributed by atoms with Crippen molar-refractivity contribution in [1.82, 2.24) is 9.55 Å². The number of aromatic nitrogens is 2. The van der Waals surface area contributed by atoms with E-state index in [1.54, 1.807) is 12.1 Å². The van der Waals surface area contributed by atoms with Crippen molar-refractivity contribution in [1.29, 1.82) is 0 Å². The van der Waals surface area contributed by atoms with Crippen LogP contribution in [-0.2, 0) is 23.3 Å². The van der Waals surface area contributed by atoms with Crippen LogP contribution in [0.3, 0.4) is 0 Å². The lowest BCUT2D eigenvalue weighted by atomic mass is 10.2. The Kier molecular flexibility index (Phi) is 5.84. The van der Waals surface area contributed by atoms with Crippen LogP contribution in [0.15, 0.2) is 30.5 Å². The van der Waals surface area contributed by atoms with Gasteiger partial charge < -0.3 is 13.5 Å². The molecule has 156 valence electrons. The van der Waals surface area contributed by atoms with Gasteiger partial charge in [0.15, 0.2) is 5.75 Å². The van der Waals surface area contributed by atoms with Crippen molar-refractivity contribution in [2.45, 2.75) is 40.8 Å². The molecular formula is C21H25FN2O4S. The second kappa shape index (κ2) is 8.02. The molecule has 0 atom stereocenters. The highest BCUT2D eigenvalue weighted by Gasteiger charge is 2.23. The third kappa shape index (κ3) is 4.70. The lowest BCUT2D eigenvalue weighted by Crippen LogP contribution is -2.09. The van der Waals surface area contributed by atoms with Crippen molar-refractivity contribution in [3.63, 3.8) is 0 Å². The monoisotopic (exact) mass is 420 g/mol. The molecule has 2 heterocycles. The molecule has 3 aromatic rings. The fraction of sp³-hybridized carbons (Fsp3) is 0.381. The Morgan fingerprint density at radius 3 is 2.41 bits per heavy atom. The molecule has 0 unspecified atom stereocenters. The van der Waals surface area contributed by atoms with Crippen molar-refractivity contribution in [3.05, 3.63) is 53.1 Å². The van der Waals surface area contributed by atoms with Gasteiger partial charge in [-0.15, -0.1) is 0 Å². The molecule has 0 aliphatic rings. The van der Waals surface area contributed by atoms with Crippen LogP contribution in [0.1, 0.15) is 30.7 Å². The standard InChI is InChI=1S/C21H25FN2O4S/c1-13(2)11-24-15(4)14(3)19-18(28-29(5,25)26)10-23-21(20(19)24)27-12-16-6-8-17(22)9-7-16/h6-10,13H,11-12H2,1-5H3. The van der Waals surface area contributed by atoms with Crippen molar-refractivity contribution < 1.29 is 21.7 Å². The first-order valence-electron chi connectivity index (χ1n) is 9.32. The Morgan fingerprint density at radius 1 is 1.17 bits per heavy atom. The smallest absolute Gasteiger partial charge is 0.306 e. The van der Waals surface area contributed by atoms with E-state index in [-0.39, 0.29) is 18.2 Å². The van der Waals surface area contributed by atoms with E-state index in [4.69, 9.17) is 8.92 Å². The van der Waals surface area contributed by atoms with Crippen LogP contribution in [0.2, 0.25) is 0 Å². The van der Waals surface area contributed by atoms with Crippen LogP contribution >= 0.6 is 0 Å². The van der Waals surface area contributed by atoms with Crippen LogP contribution in [-0.4, -0.2) is 24.2 Å². The van der Waals surface area contributed by atoms with Crippen LogP contribution in [0, 0.1) is 25.6 Å². The first kappa shape index (κ1) is 21.1. The van der Waals surface area contributed by atoms with E-state index in [9.17, 15) is 12.8 Å². The Balaban J connectivity index is 2.12. The summed E-state index contributed by atoms with van der Waals surface area (Å²) in [7, 11) is -3.71. The number of pyridine rings is 1. The molecule has 1 aromatic carbocycles. The number of hydrogen-bond acceptors (Lipinski definition) is 5. The van der Waals surface area contributed by atoms with Gasteiger partial charge in [0.25, 0.3) is 0 Å². The number of rotatable bonds is 7. The van der Waals surface area contributed by atoms with Crippen LogP contribution in [0.25, 0.3) is 10.9 Å². The molecule has 8 heteroatoms. The number of aryl methyl sites for hydroxylation is 1. The first-order valence-corrected chi connectivity index (χ1v) is 11.1. The van der Waals surface area contributed by atoms with E-state index in [2.05, 4.69) is 23.4 Å². The Labute approximate surface area is 170 Å². The highest BCUT2D eigenvalue weighted by atomic mass is 32.2. The Bertz CT molecular complexity index is 1140. The molecule has 29 heavy (non-hydrogen) atoms. The van der Waals surface area contributed by atoms with E-state index in [0.29, 0.717) is 29.2 Å². The third-order valence-corrected chi connectivity index (χ3v) is 5.14. The number of nitrogens with zero attached hydrogens (tertiary/aromatic N) is 2. The maximum atomic E-state index is 13.1. The normalized spacial score (nSPS) is 12.0. The summed E-state index contributed by atoms with van der Waals surface area (Å²) in [6.07, 6.45) is 2.38. The lowest BCUT2D eigenvalue weighted by molar-refractivity contribution is 0.295. The van der Waals surface area contributed by atoms with E-state index in [1.165, 1.54) is 18.3 Å². The minimum absolute atomic E-state index is 0.180. The van der Waals surface area contributed by atoms with Gasteiger partial charge in [0.1, 0.15) is 17.9 Å². The van der Waals surface area contributed by atoms with Gasteiger partial charge in [0.05, 0.1) is 17.8 Å². The number of halogens is 1. The van der Waals surface area contributed by atoms with Gasteiger partial charge in [0, 0.05) is 12.2 Å². The summed E-state index contributed by atoms with van der Waals surface area (Å²) in [5.41, 5.74) is 3.39. The average molecular weight is 421 g/mol. The predicted molar refractivity (Wildman–Crippen MR) is 110 cm³/mol. The maximum absolute atomic E-state index is 13.1. The first-order chi connectivity index (χ1) is 13.6. The van der Waals surface area contributed by atoms with Crippen LogP contribution in [0.5, 0.6) is 11.6 Å². The highest BCUT2D eigenvalue weighted by molar-refractivity contribution is 7.86. The second-order valence-electron chi connectivity index (χ2n) is 7.57. The van der Waals surface area contributed by atoms with E-state index >= 15 is 0 Å². The minimum atomic E-state index is -3.71. The molecule has 6 nitrogen and oxygen atoms in total. The summed E-state index contributed by atoms with van der Waals surface area (Å²) in [5.74, 6) is 0.600. The average Bonchev–Trinajstić information content (AvgIpc) is 2.87. The van der Waals surface area contributed by atoms with E-state index < -0.39 is 10.1 Å². The molecular weight excluding hydrogens is 395 g/mol. The van der Waals surface area contributed by atoms with Crippen molar-refractivity contribution in [2.24, 2.45) is 5.92 Å². The number of fused-ring (bicyclic) bond motifs is 1. The number of benzene rings is 1. The molecule has 0 aliphatic heterocycles. The summed E-state index contributed by atoms with van der Waals surface area (Å²) < 4.78 is 49.8. The van der Waals surface area contributed by atoms with Gasteiger partial charge in [-0.05, 0) is 43.0 Å². The highest BCUT2D eigenvalue weighted by Crippen LogP contribution is 2.38. The van der Waals surface area contributed by atoms with Crippen molar-refractivity contribution >= 4 is 21.0 Å². The summed E-state index contributed by atoms with van der Waals surface area (Å²) >= 11 is 0. The fourth-order valence-electron chi connectivity index (χ4n) is 3.29. The molecule has 0 amide bonds. The van der Waals surface area contributed by atoms with Gasteiger partial charge in [0.2, 0.25) is 5.88 Å². The van der Waals surface area contributed by atoms with Gasteiger partial charge in [-0.2, -0.15) is 8.42 Å². The van der Waals surface area contributed by atoms with Gasteiger partial charge in [-0.25, -0.2) is 9.37 Å². The SMILES string of the molecule is Cc1c(C)n(CC(C)C)c2c(OCc3ccc(F)cc3)ncc(OS(C)(=O)=O)c12. The van der Waals surface area contributed by atoms with Crippen LogP contribution in [0.4, 0.5) is 4.39 Å². The molecule has 0 fully saturated rings. The van der Waals surface area contributed by atoms with Gasteiger partial charge in [-0.3, -0.25) is 0 Å². The quantitative estimate of drug-likeness (QED) is 0.531. The zero-order valence-corrected chi connectivity index (χ0v) is 18.0. The topological polar surface area (TPSA) is 70.4 Å². The van der Waals surface area contributed by atoms with E-state index in [0.717, 1.165) is 23.1 Å². The zero-order valence-electron chi connectivity index (χ0n) is 17.2. The summed E-state index contributed by atoms with van der Waals surface area (Å²) in [6, 6.07) is 6.05. The molecule has 3 rings (SSSR count). The zero-order chi connectivity index (χ0) is 21.3. The third-order valence-electron chi connectivity index (χ3n) is 4.66. The molecule has 0 spiro atoms.